The van der Waals surface area contributed by atoms with Crippen LogP contribution in [0.3, 0.4) is 0 Å². The Kier molecular flexibility index (Phi) is 5.77. The molecule has 0 fully saturated rings. The van der Waals surface area contributed by atoms with Gasteiger partial charge in [-0.25, -0.2) is 0 Å². The van der Waals surface area contributed by atoms with Gasteiger partial charge < -0.3 is 10.6 Å². The van der Waals surface area contributed by atoms with Gasteiger partial charge in [0.15, 0.2) is 0 Å². The van der Waals surface area contributed by atoms with Crippen LogP contribution in [0.15, 0.2) is 48.5 Å². The molecule has 0 aliphatic rings. The number of carbonyl (C=O) groups is 2. The van der Waals surface area contributed by atoms with Gasteiger partial charge in [-0.1, -0.05) is 55.8 Å². The summed E-state index contributed by atoms with van der Waals surface area (Å²) in [5.74, 6) is -0.981. The molecule has 0 saturated heterocycles. The third kappa shape index (κ3) is 4.83. The van der Waals surface area contributed by atoms with E-state index in [1.54, 1.807) is 30.3 Å². The summed E-state index contributed by atoms with van der Waals surface area (Å²) in [7, 11) is 0. The van der Waals surface area contributed by atoms with Crippen LogP contribution >= 0.6 is 11.6 Å². The summed E-state index contributed by atoms with van der Waals surface area (Å²) < 4.78 is 0. The molecule has 0 heterocycles. The molecule has 2 rings (SSSR count). The first-order valence-electron chi connectivity index (χ1n) is 7.40. The maximum absolute atomic E-state index is 11.9. The molecule has 0 aromatic heterocycles. The first-order valence-corrected chi connectivity index (χ1v) is 7.77. The van der Waals surface area contributed by atoms with Gasteiger partial charge >= 0.3 is 11.8 Å². The largest absolute Gasteiger partial charge is 0.344 e. The van der Waals surface area contributed by atoms with Crippen LogP contribution in [0.4, 0.5) is 5.69 Å². The molecule has 0 unspecified atom stereocenters. The van der Waals surface area contributed by atoms with E-state index in [-0.39, 0.29) is 6.54 Å². The van der Waals surface area contributed by atoms with Crippen molar-refractivity contribution in [2.45, 2.75) is 26.3 Å². The van der Waals surface area contributed by atoms with Crippen LogP contribution in [-0.2, 0) is 16.1 Å². The summed E-state index contributed by atoms with van der Waals surface area (Å²) in [5, 5.41) is 5.68. The zero-order valence-corrected chi connectivity index (χ0v) is 13.9. The molecule has 0 bridgehead atoms. The van der Waals surface area contributed by atoms with E-state index < -0.39 is 11.8 Å². The summed E-state index contributed by atoms with van der Waals surface area (Å²) in [6.45, 7) is 4.39. The minimum absolute atomic E-state index is 0.207. The molecule has 2 aromatic rings. The lowest BCUT2D eigenvalue weighted by molar-refractivity contribution is -0.136. The molecule has 2 amide bonds. The van der Waals surface area contributed by atoms with E-state index in [4.69, 9.17) is 11.6 Å². The second-order valence-electron chi connectivity index (χ2n) is 5.50. The van der Waals surface area contributed by atoms with E-state index in [9.17, 15) is 9.59 Å². The first-order chi connectivity index (χ1) is 11.0. The Morgan fingerprint density at radius 3 is 2.26 bits per heavy atom. The van der Waals surface area contributed by atoms with Crippen molar-refractivity contribution in [1.82, 2.24) is 5.32 Å². The molecule has 4 nitrogen and oxygen atoms in total. The van der Waals surface area contributed by atoms with Crippen LogP contribution in [0.25, 0.3) is 0 Å². The van der Waals surface area contributed by atoms with Crippen molar-refractivity contribution in [2.24, 2.45) is 0 Å². The molecule has 0 radical (unpaired) electrons. The van der Waals surface area contributed by atoms with Crippen molar-refractivity contribution in [3.05, 3.63) is 64.7 Å². The highest BCUT2D eigenvalue weighted by atomic mass is 35.5. The monoisotopic (exact) mass is 330 g/mol. The highest BCUT2D eigenvalue weighted by Gasteiger charge is 2.14. The lowest BCUT2D eigenvalue weighted by Crippen LogP contribution is -2.35. The van der Waals surface area contributed by atoms with Crippen LogP contribution < -0.4 is 10.6 Å². The van der Waals surface area contributed by atoms with Gasteiger partial charge in [-0.15, -0.1) is 0 Å². The first kappa shape index (κ1) is 17.0. The zero-order chi connectivity index (χ0) is 16.8. The molecule has 0 spiro atoms. The Morgan fingerprint density at radius 1 is 1.00 bits per heavy atom. The predicted octanol–water partition coefficient (Wildman–Crippen LogP) is 3.72. The van der Waals surface area contributed by atoms with E-state index >= 15 is 0 Å². The maximum Gasteiger partial charge on any atom is 0.313 e. The summed E-state index contributed by atoms with van der Waals surface area (Å²) in [6, 6.07) is 14.6. The number of amides is 2. The second-order valence-corrected chi connectivity index (χ2v) is 5.91. The molecule has 5 heteroatoms. The van der Waals surface area contributed by atoms with Crippen molar-refractivity contribution >= 4 is 29.1 Å². The number of nitrogens with one attached hydrogen (secondary N) is 2. The summed E-state index contributed by atoms with van der Waals surface area (Å²) in [5.41, 5.74) is 2.52. The molecule has 120 valence electrons. The third-order valence-corrected chi connectivity index (χ3v) is 3.81. The number of anilines is 1. The summed E-state index contributed by atoms with van der Waals surface area (Å²) in [4.78, 5) is 23.7. The van der Waals surface area contributed by atoms with Crippen molar-refractivity contribution in [2.75, 3.05) is 5.32 Å². The average molecular weight is 331 g/mol. The SMILES string of the molecule is CC(C)c1ccc(NC(=O)C(=O)NCc2ccccc2Cl)cc1. The minimum atomic E-state index is -0.700. The van der Waals surface area contributed by atoms with Gasteiger partial charge in [0.05, 0.1) is 0 Å². The molecular weight excluding hydrogens is 312 g/mol. The lowest BCUT2D eigenvalue weighted by atomic mass is 10.0. The van der Waals surface area contributed by atoms with E-state index in [2.05, 4.69) is 24.5 Å². The molecule has 2 aromatic carbocycles. The number of rotatable bonds is 4. The highest BCUT2D eigenvalue weighted by molar-refractivity contribution is 6.39. The van der Waals surface area contributed by atoms with Crippen molar-refractivity contribution < 1.29 is 9.59 Å². The molecule has 0 atom stereocenters. The summed E-state index contributed by atoms with van der Waals surface area (Å²) >= 11 is 6.01. The molecular formula is C18H19ClN2O2. The van der Waals surface area contributed by atoms with Gasteiger partial charge in [0.1, 0.15) is 0 Å². The fourth-order valence-electron chi connectivity index (χ4n) is 2.04. The number of hydrogen-bond acceptors (Lipinski definition) is 2. The molecule has 0 aliphatic heterocycles. The Bertz CT molecular complexity index is 696. The normalized spacial score (nSPS) is 10.4. The van der Waals surface area contributed by atoms with Gasteiger partial charge in [-0.3, -0.25) is 9.59 Å². The standard InChI is InChI=1S/C18H19ClN2O2/c1-12(2)13-7-9-15(10-8-13)21-18(23)17(22)20-11-14-5-3-4-6-16(14)19/h3-10,12H,11H2,1-2H3,(H,20,22)(H,21,23). The Hall–Kier alpha value is -2.33. The van der Waals surface area contributed by atoms with E-state index in [1.165, 1.54) is 5.56 Å². The molecule has 23 heavy (non-hydrogen) atoms. The van der Waals surface area contributed by atoms with Crippen LogP contribution in [0, 0.1) is 0 Å². The third-order valence-electron chi connectivity index (χ3n) is 3.44. The van der Waals surface area contributed by atoms with Crippen molar-refractivity contribution in [1.29, 1.82) is 0 Å². The van der Waals surface area contributed by atoms with Crippen LogP contribution in [-0.4, -0.2) is 11.8 Å². The van der Waals surface area contributed by atoms with Gasteiger partial charge in [-0.05, 0) is 35.2 Å². The van der Waals surface area contributed by atoms with Gasteiger partial charge in [0.25, 0.3) is 0 Å². The van der Waals surface area contributed by atoms with Gasteiger partial charge in [0, 0.05) is 17.3 Å². The van der Waals surface area contributed by atoms with Gasteiger partial charge in [0.2, 0.25) is 0 Å². The van der Waals surface area contributed by atoms with E-state index in [0.717, 1.165) is 5.56 Å². The average Bonchev–Trinajstić information content (AvgIpc) is 2.54. The molecule has 2 N–H and O–H groups in total. The number of benzene rings is 2. The number of halogens is 1. The van der Waals surface area contributed by atoms with Crippen molar-refractivity contribution in [3.8, 4) is 0 Å². The van der Waals surface area contributed by atoms with Gasteiger partial charge in [-0.2, -0.15) is 0 Å². The Balaban J connectivity index is 1.90. The molecule has 0 aliphatic carbocycles. The number of carbonyl (C=O) groups excluding carboxylic acids is 2. The van der Waals surface area contributed by atoms with Crippen LogP contribution in [0.5, 0.6) is 0 Å². The van der Waals surface area contributed by atoms with Crippen LogP contribution in [0.2, 0.25) is 5.02 Å². The Labute approximate surface area is 140 Å². The second kappa shape index (κ2) is 7.79. The van der Waals surface area contributed by atoms with E-state index in [1.807, 2.05) is 18.2 Å². The smallest absolute Gasteiger partial charge is 0.313 e. The quantitative estimate of drug-likeness (QED) is 0.839. The fourth-order valence-corrected chi connectivity index (χ4v) is 2.24. The topological polar surface area (TPSA) is 58.2 Å². The van der Waals surface area contributed by atoms with E-state index in [0.29, 0.717) is 16.6 Å². The Morgan fingerprint density at radius 2 is 1.65 bits per heavy atom. The van der Waals surface area contributed by atoms with Crippen molar-refractivity contribution in [3.63, 3.8) is 0 Å². The lowest BCUT2D eigenvalue weighted by Gasteiger charge is -2.09. The highest BCUT2D eigenvalue weighted by Crippen LogP contribution is 2.17. The fraction of sp³-hybridized carbons (Fsp3) is 0.222. The maximum atomic E-state index is 11.9. The molecule has 0 saturated carbocycles. The summed E-state index contributed by atoms with van der Waals surface area (Å²) in [6.07, 6.45) is 0. The predicted molar refractivity (Wildman–Crippen MR) is 92.5 cm³/mol. The van der Waals surface area contributed by atoms with Crippen LogP contribution in [0.1, 0.15) is 30.9 Å². The zero-order valence-electron chi connectivity index (χ0n) is 13.1. The minimum Gasteiger partial charge on any atom is -0.344 e. The number of hydrogen-bond donors (Lipinski definition) is 2.